The number of sulfonamides is 1. The van der Waals surface area contributed by atoms with Gasteiger partial charge in [0.25, 0.3) is 0 Å². The third kappa shape index (κ3) is 7.52. The summed E-state index contributed by atoms with van der Waals surface area (Å²) in [6.45, 7) is 7.78. The van der Waals surface area contributed by atoms with Gasteiger partial charge in [-0.25, -0.2) is 13.6 Å². The first-order valence-corrected chi connectivity index (χ1v) is 8.84. The number of halogens is 1. The van der Waals surface area contributed by atoms with E-state index in [9.17, 15) is 8.42 Å². The zero-order chi connectivity index (χ0) is 14.2. The smallest absolute Gasteiger partial charge is 0.214 e. The van der Waals surface area contributed by atoms with Gasteiger partial charge < -0.3 is 0 Å². The first-order valence-electron chi connectivity index (χ1n) is 7.29. The topological polar surface area (TPSA) is 60.2 Å². The molecule has 118 valence electrons. The van der Waals surface area contributed by atoms with E-state index in [0.29, 0.717) is 0 Å². The van der Waals surface area contributed by atoms with Crippen LogP contribution in [0.25, 0.3) is 0 Å². The van der Waals surface area contributed by atoms with Crippen molar-refractivity contribution in [2.75, 3.05) is 0 Å². The second kappa shape index (κ2) is 10.0. The molecule has 19 heavy (non-hydrogen) atoms. The SMILES string of the molecule is CCCCCCCCC(CC)C(C)(C)S(N)(=O)=O.Cl. The van der Waals surface area contributed by atoms with Crippen LogP contribution in [-0.2, 0) is 10.0 Å². The number of rotatable bonds is 10. The molecule has 1 atom stereocenters. The van der Waals surface area contributed by atoms with Crippen LogP contribution in [0.5, 0.6) is 0 Å². The number of primary sulfonamides is 1. The Balaban J connectivity index is 0. The lowest BCUT2D eigenvalue weighted by molar-refractivity contribution is 0.348. The van der Waals surface area contributed by atoms with Crippen molar-refractivity contribution >= 4 is 22.4 Å². The quantitative estimate of drug-likeness (QED) is 0.613. The monoisotopic (exact) mass is 313 g/mol. The number of unbranched alkanes of at least 4 members (excludes halogenated alkanes) is 5. The van der Waals surface area contributed by atoms with E-state index in [-0.39, 0.29) is 18.3 Å². The predicted molar refractivity (Wildman–Crippen MR) is 86.2 cm³/mol. The molecule has 0 amide bonds. The Morgan fingerprint density at radius 2 is 1.47 bits per heavy atom. The van der Waals surface area contributed by atoms with Crippen molar-refractivity contribution in [1.82, 2.24) is 0 Å². The average Bonchev–Trinajstić information content (AvgIpc) is 2.26. The molecule has 0 saturated carbocycles. The largest absolute Gasteiger partial charge is 0.228 e. The fourth-order valence-corrected chi connectivity index (χ4v) is 3.20. The van der Waals surface area contributed by atoms with Crippen molar-refractivity contribution < 1.29 is 8.42 Å². The highest BCUT2D eigenvalue weighted by Gasteiger charge is 2.38. The second-order valence-corrected chi connectivity index (χ2v) is 7.95. The van der Waals surface area contributed by atoms with Crippen molar-refractivity contribution in [3.8, 4) is 0 Å². The molecule has 5 heteroatoms. The van der Waals surface area contributed by atoms with Gasteiger partial charge in [0.1, 0.15) is 0 Å². The van der Waals surface area contributed by atoms with Gasteiger partial charge in [-0.1, -0.05) is 58.8 Å². The maximum absolute atomic E-state index is 11.6. The van der Waals surface area contributed by atoms with E-state index in [1.807, 2.05) is 0 Å². The molecule has 0 spiro atoms. The van der Waals surface area contributed by atoms with Gasteiger partial charge >= 0.3 is 0 Å². The van der Waals surface area contributed by atoms with Gasteiger partial charge in [-0.3, -0.25) is 0 Å². The van der Waals surface area contributed by atoms with Crippen LogP contribution < -0.4 is 5.14 Å². The summed E-state index contributed by atoms with van der Waals surface area (Å²) in [5.41, 5.74) is 0. The highest BCUT2D eigenvalue weighted by atomic mass is 35.5. The Hall–Kier alpha value is 0.200. The van der Waals surface area contributed by atoms with Crippen molar-refractivity contribution in [2.24, 2.45) is 11.1 Å². The van der Waals surface area contributed by atoms with Gasteiger partial charge in [0.2, 0.25) is 10.0 Å². The Morgan fingerprint density at radius 1 is 1.00 bits per heavy atom. The zero-order valence-corrected chi connectivity index (χ0v) is 14.6. The summed E-state index contributed by atoms with van der Waals surface area (Å²) >= 11 is 0. The molecule has 0 aromatic heterocycles. The molecule has 1 unspecified atom stereocenters. The van der Waals surface area contributed by atoms with Crippen LogP contribution in [0.1, 0.15) is 79.1 Å². The van der Waals surface area contributed by atoms with E-state index in [1.165, 1.54) is 32.1 Å². The third-order valence-electron chi connectivity index (χ3n) is 4.12. The van der Waals surface area contributed by atoms with Crippen LogP contribution >= 0.6 is 12.4 Å². The minimum Gasteiger partial charge on any atom is -0.228 e. The summed E-state index contributed by atoms with van der Waals surface area (Å²) in [5, 5.41) is 5.33. The molecule has 0 bridgehead atoms. The van der Waals surface area contributed by atoms with Crippen molar-refractivity contribution in [1.29, 1.82) is 0 Å². The molecule has 0 aromatic carbocycles. The van der Waals surface area contributed by atoms with E-state index in [2.05, 4.69) is 13.8 Å². The zero-order valence-electron chi connectivity index (χ0n) is 12.9. The van der Waals surface area contributed by atoms with Crippen molar-refractivity contribution in [2.45, 2.75) is 83.8 Å². The molecule has 0 radical (unpaired) electrons. The van der Waals surface area contributed by atoms with Gasteiger partial charge in [-0.15, -0.1) is 12.4 Å². The molecular formula is C14H32ClNO2S. The molecule has 0 aromatic rings. The van der Waals surface area contributed by atoms with Crippen LogP contribution in [0.3, 0.4) is 0 Å². The first kappa shape index (κ1) is 21.5. The Kier molecular flexibility index (Phi) is 11.3. The van der Waals surface area contributed by atoms with Crippen LogP contribution in [0.4, 0.5) is 0 Å². The molecule has 2 N–H and O–H groups in total. The number of nitrogens with two attached hydrogens (primary N) is 1. The highest BCUT2D eigenvalue weighted by molar-refractivity contribution is 7.90. The molecule has 0 rings (SSSR count). The lowest BCUT2D eigenvalue weighted by atomic mass is 9.87. The van der Waals surface area contributed by atoms with Gasteiger partial charge in [0, 0.05) is 0 Å². The molecule has 0 aliphatic heterocycles. The van der Waals surface area contributed by atoms with Gasteiger partial charge in [0.15, 0.2) is 0 Å². The molecule has 0 aliphatic carbocycles. The summed E-state index contributed by atoms with van der Waals surface area (Å²) in [6.07, 6.45) is 9.28. The summed E-state index contributed by atoms with van der Waals surface area (Å²) in [5.74, 6) is 0.165. The highest BCUT2D eigenvalue weighted by Crippen LogP contribution is 2.31. The van der Waals surface area contributed by atoms with E-state index in [1.54, 1.807) is 13.8 Å². The number of hydrogen-bond acceptors (Lipinski definition) is 2. The van der Waals surface area contributed by atoms with E-state index >= 15 is 0 Å². The normalized spacial score (nSPS) is 13.9. The molecule has 0 fully saturated rings. The van der Waals surface area contributed by atoms with Gasteiger partial charge in [-0.05, 0) is 26.2 Å². The maximum Gasteiger partial charge on any atom is 0.214 e. The minimum atomic E-state index is -3.46. The molecular weight excluding hydrogens is 282 g/mol. The maximum atomic E-state index is 11.6. The lowest BCUT2D eigenvalue weighted by Gasteiger charge is -2.31. The van der Waals surface area contributed by atoms with Gasteiger partial charge in [0.05, 0.1) is 4.75 Å². The molecule has 0 aliphatic rings. The Bertz CT molecular complexity index is 315. The van der Waals surface area contributed by atoms with Crippen molar-refractivity contribution in [3.63, 3.8) is 0 Å². The van der Waals surface area contributed by atoms with Crippen LogP contribution in [-0.4, -0.2) is 13.2 Å². The van der Waals surface area contributed by atoms with E-state index in [0.717, 1.165) is 19.3 Å². The van der Waals surface area contributed by atoms with E-state index in [4.69, 9.17) is 5.14 Å². The van der Waals surface area contributed by atoms with Crippen molar-refractivity contribution in [3.05, 3.63) is 0 Å². The van der Waals surface area contributed by atoms with Crippen LogP contribution in [0.15, 0.2) is 0 Å². The number of hydrogen-bond donors (Lipinski definition) is 1. The third-order valence-corrected chi connectivity index (χ3v) is 5.92. The predicted octanol–water partition coefficient (Wildman–Crippen LogP) is 4.25. The molecule has 0 saturated heterocycles. The first-order chi connectivity index (χ1) is 8.27. The molecule has 0 heterocycles. The summed E-state index contributed by atoms with van der Waals surface area (Å²) in [7, 11) is -3.46. The minimum absolute atomic E-state index is 0. The summed E-state index contributed by atoms with van der Waals surface area (Å²) in [6, 6.07) is 0. The van der Waals surface area contributed by atoms with Gasteiger partial charge in [-0.2, -0.15) is 0 Å². The van der Waals surface area contributed by atoms with Crippen LogP contribution in [0.2, 0.25) is 0 Å². The Labute approximate surface area is 126 Å². The van der Waals surface area contributed by atoms with E-state index < -0.39 is 14.8 Å². The second-order valence-electron chi connectivity index (χ2n) is 5.81. The van der Waals surface area contributed by atoms with Crippen LogP contribution in [0, 0.1) is 5.92 Å². The standard InChI is InChI=1S/C14H31NO2S.ClH/c1-5-7-8-9-10-11-12-13(6-2)14(3,4)18(15,16)17;/h13H,5-12H2,1-4H3,(H2,15,16,17);1H. The Morgan fingerprint density at radius 3 is 1.89 bits per heavy atom. The summed E-state index contributed by atoms with van der Waals surface area (Å²) in [4.78, 5) is 0. The lowest BCUT2D eigenvalue weighted by Crippen LogP contribution is -2.44. The molecule has 3 nitrogen and oxygen atoms in total. The summed E-state index contributed by atoms with van der Waals surface area (Å²) < 4.78 is 22.4. The average molecular weight is 314 g/mol. The fourth-order valence-electron chi connectivity index (χ4n) is 2.45. The fraction of sp³-hybridized carbons (Fsp3) is 1.00.